The second kappa shape index (κ2) is 12.1. The molecule has 244 valence electrons. The summed E-state index contributed by atoms with van der Waals surface area (Å²) in [6.07, 6.45) is -10.9. The molecular formula is C30H31F9N6. The molecule has 1 aromatic heterocycles. The van der Waals surface area contributed by atoms with Crippen LogP contribution in [0.1, 0.15) is 53.5 Å². The smallest absolute Gasteiger partial charge is 0.368 e. The van der Waals surface area contributed by atoms with Gasteiger partial charge in [-0.15, -0.1) is 5.10 Å². The van der Waals surface area contributed by atoms with Crippen LogP contribution in [-0.2, 0) is 31.6 Å². The minimum Gasteiger partial charge on any atom is -0.368 e. The average Bonchev–Trinajstić information content (AvgIpc) is 3.87. The van der Waals surface area contributed by atoms with Gasteiger partial charge >= 0.3 is 18.5 Å². The molecule has 0 amide bonds. The molecule has 2 fully saturated rings. The SMILES string of the molecule is CN/N=C(\N)N(Cc1cc(C(F)(F)F)cc(C(F)(F)F)c1)Cc1cc2cccc(C(F)(F)F)c2nc1N(CC1CC1)CC1CC1. The van der Waals surface area contributed by atoms with Gasteiger partial charge in [-0.05, 0) is 73.4 Å². The first-order valence-corrected chi connectivity index (χ1v) is 14.3. The molecule has 1 heterocycles. The Morgan fingerprint density at radius 1 is 0.844 bits per heavy atom. The third-order valence-electron chi connectivity index (χ3n) is 7.79. The summed E-state index contributed by atoms with van der Waals surface area (Å²) in [6.45, 7) is 0.377. The fourth-order valence-electron chi connectivity index (χ4n) is 5.26. The van der Waals surface area contributed by atoms with Crippen LogP contribution in [0.4, 0.5) is 45.3 Å². The lowest BCUT2D eigenvalue weighted by Crippen LogP contribution is -2.38. The Balaban J connectivity index is 1.62. The highest BCUT2D eigenvalue weighted by molar-refractivity contribution is 5.86. The van der Waals surface area contributed by atoms with Crippen molar-refractivity contribution in [2.75, 3.05) is 25.0 Å². The van der Waals surface area contributed by atoms with Gasteiger partial charge in [0, 0.05) is 44.2 Å². The molecule has 0 bridgehead atoms. The molecule has 2 aliphatic carbocycles. The maximum absolute atomic E-state index is 14.0. The van der Waals surface area contributed by atoms with E-state index < -0.39 is 41.8 Å². The molecule has 2 saturated carbocycles. The van der Waals surface area contributed by atoms with Gasteiger partial charge in [0.2, 0.25) is 5.96 Å². The van der Waals surface area contributed by atoms with Crippen LogP contribution < -0.4 is 16.1 Å². The number of hydrogen-bond donors (Lipinski definition) is 2. The Morgan fingerprint density at radius 3 is 1.91 bits per heavy atom. The average molecular weight is 647 g/mol. The van der Waals surface area contributed by atoms with Crippen LogP contribution in [0, 0.1) is 11.8 Å². The first kappa shape index (κ1) is 32.5. The Hall–Kier alpha value is -3.91. The highest BCUT2D eigenvalue weighted by Gasteiger charge is 2.38. The first-order chi connectivity index (χ1) is 21.0. The first-order valence-electron chi connectivity index (χ1n) is 14.3. The molecule has 15 heteroatoms. The van der Waals surface area contributed by atoms with Gasteiger partial charge < -0.3 is 21.0 Å². The van der Waals surface area contributed by atoms with Crippen LogP contribution >= 0.6 is 0 Å². The largest absolute Gasteiger partial charge is 0.418 e. The summed E-state index contributed by atoms with van der Waals surface area (Å²) in [7, 11) is 1.41. The number of nitrogens with zero attached hydrogens (tertiary/aromatic N) is 4. The van der Waals surface area contributed by atoms with Crippen LogP contribution in [0.3, 0.4) is 0 Å². The number of guanidine groups is 1. The molecule has 0 aliphatic heterocycles. The molecule has 3 aromatic rings. The maximum Gasteiger partial charge on any atom is 0.418 e. The molecule has 0 saturated heterocycles. The standard InChI is InChI=1S/C30H31F9N6/c1-41-43-27(40)45(15-19-9-22(28(31,32)33)12-23(10-19)29(34,35)36)16-21-11-20-3-2-4-24(30(37,38)39)25(20)42-26(21)44(13-17-5-6-17)14-18-7-8-18/h2-4,9-12,17-18,41H,5-8,13-16H2,1H3,(H2,40,43). The summed E-state index contributed by atoms with van der Waals surface area (Å²) in [6, 6.07) is 6.43. The molecule has 2 aromatic carbocycles. The summed E-state index contributed by atoms with van der Waals surface area (Å²) in [4.78, 5) is 7.76. The molecular weight excluding hydrogens is 615 g/mol. The lowest BCUT2D eigenvalue weighted by molar-refractivity contribution is -0.143. The number of aromatic nitrogens is 1. The molecule has 0 radical (unpaired) electrons. The van der Waals surface area contributed by atoms with Crippen LogP contribution in [0.15, 0.2) is 47.6 Å². The number of hydrazone groups is 1. The van der Waals surface area contributed by atoms with Crippen molar-refractivity contribution in [3.8, 4) is 0 Å². The van der Waals surface area contributed by atoms with E-state index >= 15 is 0 Å². The van der Waals surface area contributed by atoms with E-state index in [1.807, 2.05) is 4.90 Å². The number of rotatable bonds is 10. The highest BCUT2D eigenvalue weighted by atomic mass is 19.4. The number of halogens is 9. The zero-order chi connectivity index (χ0) is 32.7. The third-order valence-corrected chi connectivity index (χ3v) is 7.79. The van der Waals surface area contributed by atoms with Crippen molar-refractivity contribution in [1.82, 2.24) is 15.3 Å². The van der Waals surface area contributed by atoms with Crippen molar-refractivity contribution in [1.29, 1.82) is 0 Å². The quantitative estimate of drug-likeness (QED) is 0.104. The van der Waals surface area contributed by atoms with E-state index in [4.69, 9.17) is 5.73 Å². The highest BCUT2D eigenvalue weighted by Crippen LogP contribution is 2.40. The van der Waals surface area contributed by atoms with Gasteiger partial charge in [0.1, 0.15) is 5.82 Å². The van der Waals surface area contributed by atoms with Crippen LogP contribution in [0.25, 0.3) is 10.9 Å². The van der Waals surface area contributed by atoms with Crippen LogP contribution in [0.5, 0.6) is 0 Å². The molecule has 0 atom stereocenters. The maximum atomic E-state index is 14.0. The molecule has 6 nitrogen and oxygen atoms in total. The Morgan fingerprint density at radius 2 is 1.42 bits per heavy atom. The third kappa shape index (κ3) is 8.03. The number of pyridine rings is 1. The van der Waals surface area contributed by atoms with Gasteiger partial charge in [-0.2, -0.15) is 39.5 Å². The fraction of sp³-hybridized carbons (Fsp3) is 0.467. The van der Waals surface area contributed by atoms with Crippen molar-refractivity contribution < 1.29 is 39.5 Å². The van der Waals surface area contributed by atoms with Crippen molar-refractivity contribution in [3.63, 3.8) is 0 Å². The minimum absolute atomic E-state index is 0.0378. The van der Waals surface area contributed by atoms with Gasteiger partial charge in [-0.3, -0.25) is 0 Å². The van der Waals surface area contributed by atoms with Gasteiger partial charge in [0.25, 0.3) is 0 Å². The van der Waals surface area contributed by atoms with E-state index in [1.54, 1.807) is 0 Å². The molecule has 0 spiro atoms. The molecule has 3 N–H and O–H groups in total. The minimum atomic E-state index is -5.05. The Kier molecular flexibility index (Phi) is 8.75. The number of nitrogens with two attached hydrogens (primary N) is 1. The summed E-state index contributed by atoms with van der Waals surface area (Å²) >= 11 is 0. The second-order valence-electron chi connectivity index (χ2n) is 11.6. The van der Waals surface area contributed by atoms with E-state index in [0.717, 1.165) is 31.7 Å². The molecule has 2 aliphatic rings. The number of anilines is 1. The lowest BCUT2D eigenvalue weighted by Gasteiger charge is -2.30. The predicted molar refractivity (Wildman–Crippen MR) is 151 cm³/mol. The van der Waals surface area contributed by atoms with Crippen molar-refractivity contribution >= 4 is 22.7 Å². The molecule has 0 unspecified atom stereocenters. The number of para-hydroxylation sites is 1. The topological polar surface area (TPSA) is 69.8 Å². The van der Waals surface area contributed by atoms with E-state index in [9.17, 15) is 39.5 Å². The summed E-state index contributed by atoms with van der Waals surface area (Å²) in [5.74, 6) is 0.685. The van der Waals surface area contributed by atoms with Crippen LogP contribution in [0.2, 0.25) is 0 Å². The van der Waals surface area contributed by atoms with E-state index in [2.05, 4.69) is 15.5 Å². The number of alkyl halides is 9. The van der Waals surface area contributed by atoms with Crippen molar-refractivity contribution in [2.45, 2.75) is 57.3 Å². The Labute approximate surface area is 253 Å². The zero-order valence-corrected chi connectivity index (χ0v) is 24.1. The van der Waals surface area contributed by atoms with Gasteiger partial charge in [0.05, 0.1) is 22.2 Å². The zero-order valence-electron chi connectivity index (χ0n) is 24.1. The van der Waals surface area contributed by atoms with Crippen LogP contribution in [-0.4, -0.2) is 36.0 Å². The number of fused-ring (bicyclic) bond motifs is 1. The van der Waals surface area contributed by atoms with Gasteiger partial charge in [-0.1, -0.05) is 12.1 Å². The molecule has 45 heavy (non-hydrogen) atoms. The number of nitrogens with one attached hydrogen (secondary N) is 1. The summed E-state index contributed by atoms with van der Waals surface area (Å²) in [5.41, 5.74) is 4.55. The van der Waals surface area contributed by atoms with Crippen molar-refractivity contribution in [3.05, 3.63) is 70.3 Å². The summed E-state index contributed by atoms with van der Waals surface area (Å²) < 4.78 is 124. The second-order valence-corrected chi connectivity index (χ2v) is 11.6. The number of benzene rings is 2. The van der Waals surface area contributed by atoms with E-state index in [-0.39, 0.29) is 40.9 Å². The van der Waals surface area contributed by atoms with E-state index in [0.29, 0.717) is 42.6 Å². The molecule has 5 rings (SSSR count). The van der Waals surface area contributed by atoms with Gasteiger partial charge in [-0.25, -0.2) is 4.98 Å². The summed E-state index contributed by atoms with van der Waals surface area (Å²) in [5, 5.41) is 4.07. The van der Waals surface area contributed by atoms with Gasteiger partial charge in [0.15, 0.2) is 0 Å². The van der Waals surface area contributed by atoms with E-state index in [1.165, 1.54) is 30.1 Å². The number of hydrogen-bond acceptors (Lipinski definition) is 4. The Bertz CT molecular complexity index is 1510. The predicted octanol–water partition coefficient (Wildman–Crippen LogP) is 7.37. The lowest BCUT2D eigenvalue weighted by atomic mass is 10.0. The fourth-order valence-corrected chi connectivity index (χ4v) is 5.26. The monoisotopic (exact) mass is 646 g/mol. The normalized spacial score (nSPS) is 16.3. The van der Waals surface area contributed by atoms with Crippen molar-refractivity contribution in [2.24, 2.45) is 22.7 Å².